The van der Waals surface area contributed by atoms with Gasteiger partial charge >= 0.3 is 5.97 Å². The molecule has 1 aliphatic heterocycles. The zero-order valence-electron chi connectivity index (χ0n) is 10.0. The third-order valence-electron chi connectivity index (χ3n) is 2.52. The number of carbonyl (C=O) groups is 2. The predicted molar refractivity (Wildman–Crippen MR) is 67.9 cm³/mol. The van der Waals surface area contributed by atoms with E-state index in [1.807, 2.05) is 12.1 Å². The van der Waals surface area contributed by atoms with Crippen molar-refractivity contribution >= 4 is 23.6 Å². The molecular formula is C11H15N3O3S. The molecule has 0 saturated heterocycles. The van der Waals surface area contributed by atoms with Crippen molar-refractivity contribution in [3.63, 3.8) is 0 Å². The second-order valence-corrected chi connectivity index (χ2v) is 4.85. The van der Waals surface area contributed by atoms with Crippen molar-refractivity contribution in [1.29, 1.82) is 0 Å². The highest BCUT2D eigenvalue weighted by molar-refractivity contribution is 7.99. The number of thioether (sulfide) groups is 1. The summed E-state index contributed by atoms with van der Waals surface area (Å²) in [5.41, 5.74) is 5.78. The van der Waals surface area contributed by atoms with Crippen molar-refractivity contribution in [1.82, 2.24) is 4.68 Å². The maximum Gasteiger partial charge on any atom is 0.327 e. The standard InChI is InChI=1S/C11H15N3O3S/c1-2-17-10(15)6-14-11(16)8(12)7-18-9-4-3-5-13(9)14/h3-5,8H,2,6-7,12H2,1H3/t8-/m0/s1. The van der Waals surface area contributed by atoms with Crippen molar-refractivity contribution in [2.24, 2.45) is 5.73 Å². The monoisotopic (exact) mass is 269 g/mol. The fraction of sp³-hybridized carbons (Fsp3) is 0.455. The lowest BCUT2D eigenvalue weighted by Gasteiger charge is -2.23. The Kier molecular flexibility index (Phi) is 3.93. The van der Waals surface area contributed by atoms with Gasteiger partial charge in [0.15, 0.2) is 0 Å². The van der Waals surface area contributed by atoms with E-state index in [0.29, 0.717) is 12.4 Å². The third-order valence-corrected chi connectivity index (χ3v) is 3.66. The van der Waals surface area contributed by atoms with Crippen LogP contribution in [0.25, 0.3) is 0 Å². The lowest BCUT2D eigenvalue weighted by Crippen LogP contribution is -2.51. The van der Waals surface area contributed by atoms with Crippen molar-refractivity contribution < 1.29 is 14.3 Å². The normalized spacial score (nSPS) is 19.3. The molecule has 1 aromatic rings. The summed E-state index contributed by atoms with van der Waals surface area (Å²) in [6.45, 7) is 1.90. The molecule has 0 saturated carbocycles. The van der Waals surface area contributed by atoms with Crippen LogP contribution < -0.4 is 10.7 Å². The van der Waals surface area contributed by atoms with Gasteiger partial charge in [0.2, 0.25) is 0 Å². The molecule has 0 radical (unpaired) electrons. The number of nitrogens with two attached hydrogens (primary N) is 1. The summed E-state index contributed by atoms with van der Waals surface area (Å²) in [5, 5.41) is 2.22. The summed E-state index contributed by atoms with van der Waals surface area (Å²) in [6.07, 6.45) is 1.73. The molecule has 6 nitrogen and oxygen atoms in total. The van der Waals surface area contributed by atoms with Gasteiger partial charge in [0.05, 0.1) is 17.7 Å². The molecule has 0 unspecified atom stereocenters. The molecule has 0 spiro atoms. The zero-order chi connectivity index (χ0) is 13.1. The largest absolute Gasteiger partial charge is 0.465 e. The Morgan fingerprint density at radius 1 is 1.67 bits per heavy atom. The number of esters is 1. The van der Waals surface area contributed by atoms with Gasteiger partial charge in [-0.3, -0.25) is 14.3 Å². The molecule has 2 N–H and O–H groups in total. The number of carbonyl (C=O) groups excluding carboxylic acids is 2. The minimum Gasteiger partial charge on any atom is -0.465 e. The van der Waals surface area contributed by atoms with Gasteiger partial charge in [0.25, 0.3) is 5.91 Å². The van der Waals surface area contributed by atoms with Crippen LogP contribution in [0.2, 0.25) is 0 Å². The Balaban J connectivity index is 2.24. The molecule has 0 bridgehead atoms. The molecule has 0 aliphatic carbocycles. The first-order valence-corrected chi connectivity index (χ1v) is 6.65. The molecule has 98 valence electrons. The fourth-order valence-corrected chi connectivity index (χ4v) is 2.66. The molecule has 1 amide bonds. The predicted octanol–water partition coefficient (Wildman–Crippen LogP) is -0.0512. The van der Waals surface area contributed by atoms with Gasteiger partial charge < -0.3 is 10.5 Å². The van der Waals surface area contributed by atoms with Gasteiger partial charge in [-0.05, 0) is 19.1 Å². The van der Waals surface area contributed by atoms with Crippen molar-refractivity contribution in [3.05, 3.63) is 18.3 Å². The second-order valence-electron chi connectivity index (χ2n) is 3.81. The Bertz CT molecular complexity index is 460. The van der Waals surface area contributed by atoms with E-state index in [4.69, 9.17) is 10.5 Å². The fourth-order valence-electron chi connectivity index (χ4n) is 1.70. The summed E-state index contributed by atoms with van der Waals surface area (Å²) in [7, 11) is 0. The molecule has 18 heavy (non-hydrogen) atoms. The molecule has 1 aromatic heterocycles. The average Bonchev–Trinajstić information content (AvgIpc) is 2.76. The van der Waals surface area contributed by atoms with Crippen LogP contribution in [-0.2, 0) is 14.3 Å². The van der Waals surface area contributed by atoms with E-state index >= 15 is 0 Å². The molecule has 1 atom stereocenters. The average molecular weight is 269 g/mol. The Hall–Kier alpha value is -1.47. The maximum atomic E-state index is 12.1. The molecular weight excluding hydrogens is 254 g/mol. The number of hydrogen-bond acceptors (Lipinski definition) is 5. The van der Waals surface area contributed by atoms with Crippen LogP contribution in [0.5, 0.6) is 0 Å². The molecule has 1 aliphatic rings. The number of aromatic nitrogens is 1. The highest BCUT2D eigenvalue weighted by Crippen LogP contribution is 2.23. The first-order valence-electron chi connectivity index (χ1n) is 5.66. The number of hydrogen-bond donors (Lipinski definition) is 1. The molecule has 2 heterocycles. The highest BCUT2D eigenvalue weighted by atomic mass is 32.2. The first kappa shape index (κ1) is 13.0. The van der Waals surface area contributed by atoms with Gasteiger partial charge in [0.1, 0.15) is 6.54 Å². The first-order chi connectivity index (χ1) is 8.63. The van der Waals surface area contributed by atoms with Gasteiger partial charge in [-0.15, -0.1) is 11.8 Å². The van der Waals surface area contributed by atoms with Crippen LogP contribution >= 0.6 is 11.8 Å². The van der Waals surface area contributed by atoms with Gasteiger partial charge in [-0.25, -0.2) is 5.01 Å². The summed E-state index contributed by atoms with van der Waals surface area (Å²) < 4.78 is 6.52. The smallest absolute Gasteiger partial charge is 0.327 e. The Morgan fingerprint density at radius 2 is 2.44 bits per heavy atom. The number of amides is 1. The van der Waals surface area contributed by atoms with Crippen molar-refractivity contribution in [2.75, 3.05) is 23.9 Å². The van der Waals surface area contributed by atoms with Crippen LogP contribution in [0, 0.1) is 0 Å². The van der Waals surface area contributed by atoms with Gasteiger partial charge in [-0.2, -0.15) is 0 Å². The molecule has 0 fully saturated rings. The number of rotatable bonds is 3. The highest BCUT2D eigenvalue weighted by Gasteiger charge is 2.29. The van der Waals surface area contributed by atoms with E-state index in [-0.39, 0.29) is 12.5 Å². The SMILES string of the molecule is CCOC(=O)CN1C(=O)[C@@H](N)CSc2cccn21. The van der Waals surface area contributed by atoms with E-state index in [1.165, 1.54) is 16.8 Å². The van der Waals surface area contributed by atoms with Crippen LogP contribution in [0.4, 0.5) is 0 Å². The van der Waals surface area contributed by atoms with Crippen LogP contribution in [0.1, 0.15) is 6.92 Å². The molecule has 7 heteroatoms. The van der Waals surface area contributed by atoms with E-state index in [2.05, 4.69) is 0 Å². The topological polar surface area (TPSA) is 77.6 Å². The summed E-state index contributed by atoms with van der Waals surface area (Å²) >= 11 is 1.50. The minimum atomic E-state index is -0.607. The maximum absolute atomic E-state index is 12.1. The third kappa shape index (κ3) is 2.51. The van der Waals surface area contributed by atoms with Crippen molar-refractivity contribution in [3.8, 4) is 0 Å². The van der Waals surface area contributed by atoms with Gasteiger partial charge in [-0.1, -0.05) is 0 Å². The van der Waals surface area contributed by atoms with E-state index in [9.17, 15) is 9.59 Å². The number of fused-ring (bicyclic) bond motifs is 1. The summed E-state index contributed by atoms with van der Waals surface area (Å²) in [4.78, 5) is 23.6. The van der Waals surface area contributed by atoms with E-state index < -0.39 is 12.0 Å². The Morgan fingerprint density at radius 3 is 3.17 bits per heavy atom. The number of nitrogens with zero attached hydrogens (tertiary/aromatic N) is 2. The molecule has 0 aromatic carbocycles. The van der Waals surface area contributed by atoms with Crippen molar-refractivity contribution in [2.45, 2.75) is 18.0 Å². The van der Waals surface area contributed by atoms with E-state index in [1.54, 1.807) is 17.8 Å². The van der Waals surface area contributed by atoms with E-state index in [0.717, 1.165) is 5.03 Å². The quantitative estimate of drug-likeness (QED) is 0.778. The number of ether oxygens (including phenoxy) is 1. The minimum absolute atomic E-state index is 0.122. The lowest BCUT2D eigenvalue weighted by atomic mass is 10.3. The Labute approximate surface area is 109 Å². The second kappa shape index (κ2) is 5.45. The lowest BCUT2D eigenvalue weighted by molar-refractivity contribution is -0.143. The summed E-state index contributed by atoms with van der Waals surface area (Å²) in [5.74, 6) is -0.211. The summed E-state index contributed by atoms with van der Waals surface area (Å²) in [6, 6.07) is 3.10. The van der Waals surface area contributed by atoms with Crippen LogP contribution in [0.15, 0.2) is 23.4 Å². The zero-order valence-corrected chi connectivity index (χ0v) is 10.9. The molecule has 2 rings (SSSR count). The van der Waals surface area contributed by atoms with Gasteiger partial charge in [0, 0.05) is 11.9 Å². The van der Waals surface area contributed by atoms with Crippen LogP contribution in [0.3, 0.4) is 0 Å². The van der Waals surface area contributed by atoms with Crippen LogP contribution in [-0.4, -0.2) is 41.5 Å².